The molecule has 0 saturated carbocycles. The lowest BCUT2D eigenvalue weighted by molar-refractivity contribution is -0.189. The predicted octanol–water partition coefficient (Wildman–Crippen LogP) is -5.33. The maximum absolute atomic E-state index is 10.7. The average Bonchev–Trinajstić information content (AvgIpc) is 2.49. The van der Waals surface area contributed by atoms with Crippen LogP contribution < -0.4 is 0 Å². The fraction of sp³-hybridized carbons (Fsp3) is 0.900. The zero-order valence-electron chi connectivity index (χ0n) is 11.0. The highest BCUT2D eigenvalue weighted by molar-refractivity contribution is 9.10. The van der Waals surface area contributed by atoms with E-state index in [1.165, 1.54) is 0 Å². The zero-order valence-corrected chi connectivity index (χ0v) is 12.6. The van der Waals surface area contributed by atoms with Crippen LogP contribution in [0.4, 0.5) is 0 Å². The van der Waals surface area contributed by atoms with Gasteiger partial charge in [-0.05, 0) is 15.9 Å². The maximum atomic E-state index is 10.7. The van der Waals surface area contributed by atoms with Crippen LogP contribution in [0, 0.1) is 0 Å². The van der Waals surface area contributed by atoms with Crippen LogP contribution in [0.2, 0.25) is 0 Å². The Kier molecular flexibility index (Phi) is 8.29. The van der Waals surface area contributed by atoms with E-state index in [1.807, 2.05) is 0 Å². The topological polar surface area (TPSA) is 219 Å². The van der Waals surface area contributed by atoms with Crippen LogP contribution in [0.25, 0.3) is 0 Å². The molecule has 0 amide bonds. The minimum absolute atomic E-state index is 0.980. The van der Waals surface area contributed by atoms with E-state index in [0.717, 1.165) is 0 Å². The van der Waals surface area contributed by atoms with Gasteiger partial charge in [0.1, 0.15) is 42.7 Å². The van der Waals surface area contributed by atoms with E-state index >= 15 is 0 Å². The SMILES string of the molecule is O=C(O)[C@@](O)(Br)[C@@H](O)[C@H](O)[C@H](O)[C@@H](O)[C@@H](O)[C@@H](O)[C@H](O)CO. The van der Waals surface area contributed by atoms with Crippen LogP contribution in [0.1, 0.15) is 0 Å². The molecule has 10 N–H and O–H groups in total. The Labute approximate surface area is 132 Å². The molecule has 0 bridgehead atoms. The van der Waals surface area contributed by atoms with E-state index in [1.54, 1.807) is 0 Å². The predicted molar refractivity (Wildman–Crippen MR) is 70.6 cm³/mol. The molecule has 0 aliphatic rings. The van der Waals surface area contributed by atoms with Crippen molar-refractivity contribution in [3.63, 3.8) is 0 Å². The molecule has 0 spiro atoms. The van der Waals surface area contributed by atoms with Gasteiger partial charge in [0.2, 0.25) is 4.51 Å². The third-order valence-electron chi connectivity index (χ3n) is 3.00. The molecule has 0 radical (unpaired) electrons. The summed E-state index contributed by atoms with van der Waals surface area (Å²) in [4.78, 5) is 10.7. The van der Waals surface area contributed by atoms with Gasteiger partial charge in [0, 0.05) is 0 Å². The molecule has 0 fully saturated rings. The van der Waals surface area contributed by atoms with Gasteiger partial charge >= 0.3 is 5.97 Å². The Morgan fingerprint density at radius 3 is 1.59 bits per heavy atom. The van der Waals surface area contributed by atoms with Gasteiger partial charge < -0.3 is 51.1 Å². The number of aliphatic hydroxyl groups is 9. The van der Waals surface area contributed by atoms with Gasteiger partial charge in [-0.3, -0.25) is 0 Å². The molecule has 22 heavy (non-hydrogen) atoms. The second-order valence-corrected chi connectivity index (χ2v) is 5.84. The smallest absolute Gasteiger partial charge is 0.349 e. The number of carboxylic acids is 1. The van der Waals surface area contributed by atoms with Crippen molar-refractivity contribution in [3.8, 4) is 0 Å². The van der Waals surface area contributed by atoms with E-state index < -0.39 is 59.8 Å². The number of alkyl halides is 1. The zero-order chi connectivity index (χ0) is 17.8. The molecule has 0 aromatic carbocycles. The van der Waals surface area contributed by atoms with E-state index in [4.69, 9.17) is 15.3 Å². The summed E-state index contributed by atoms with van der Waals surface area (Å²) in [5, 5.41) is 92.6. The van der Waals surface area contributed by atoms with E-state index in [-0.39, 0.29) is 0 Å². The van der Waals surface area contributed by atoms with Crippen molar-refractivity contribution in [2.24, 2.45) is 0 Å². The summed E-state index contributed by atoms with van der Waals surface area (Å²) in [5.74, 6) is -2.00. The van der Waals surface area contributed by atoms with Gasteiger partial charge in [-0.25, -0.2) is 4.79 Å². The molecule has 132 valence electrons. The molecule has 0 heterocycles. The number of halogens is 1. The average molecular weight is 395 g/mol. The number of carbonyl (C=O) groups is 1. The van der Waals surface area contributed by atoms with Crippen molar-refractivity contribution >= 4 is 21.9 Å². The first-order valence-electron chi connectivity index (χ1n) is 5.91. The molecule has 8 atom stereocenters. The number of hydrogen-bond donors (Lipinski definition) is 10. The molecule has 11 nitrogen and oxygen atoms in total. The number of aliphatic hydroxyl groups excluding tert-OH is 8. The number of carboxylic acid groups (broad SMARTS) is 1. The van der Waals surface area contributed by atoms with Crippen molar-refractivity contribution in [1.82, 2.24) is 0 Å². The summed E-state index contributed by atoms with van der Waals surface area (Å²) >= 11 is 2.20. The standard InChI is InChI=1S/C10H19BrO11/c11-10(22,9(20)21)8(19)7(18)6(17)5(16)4(15)3(14)2(13)1-12/h2-8,12-19,22H,1H2,(H,20,21)/t2-,3+,4+,5+,6-,7-,8+,10-/m1/s1. The molecule has 0 saturated heterocycles. The third-order valence-corrected chi connectivity index (χ3v) is 3.80. The Balaban J connectivity index is 5.01. The van der Waals surface area contributed by atoms with Crippen LogP contribution in [-0.4, -0.2) is 111 Å². The lowest BCUT2D eigenvalue weighted by atomic mass is 9.93. The summed E-state index contributed by atoms with van der Waals surface area (Å²) in [6.45, 7) is -0.980. The van der Waals surface area contributed by atoms with E-state index in [0.29, 0.717) is 0 Å². The van der Waals surface area contributed by atoms with E-state index in [9.17, 15) is 40.5 Å². The summed E-state index contributed by atoms with van der Waals surface area (Å²) in [6.07, 6.45) is -16.0. The van der Waals surface area contributed by atoms with Crippen molar-refractivity contribution in [3.05, 3.63) is 0 Å². The van der Waals surface area contributed by atoms with Gasteiger partial charge in [-0.15, -0.1) is 0 Å². The lowest BCUT2D eigenvalue weighted by Crippen LogP contribution is -2.59. The maximum Gasteiger partial charge on any atom is 0.349 e. The van der Waals surface area contributed by atoms with Crippen LogP contribution in [0.5, 0.6) is 0 Å². The molecule has 0 aliphatic carbocycles. The van der Waals surface area contributed by atoms with Gasteiger partial charge in [0.25, 0.3) is 0 Å². The second kappa shape index (κ2) is 8.44. The summed E-state index contributed by atoms with van der Waals surface area (Å²) in [7, 11) is 0. The molecule has 12 heteroatoms. The van der Waals surface area contributed by atoms with Crippen molar-refractivity contribution < 1.29 is 55.9 Å². The quantitative estimate of drug-likeness (QED) is 0.166. The normalized spacial score (nSPS) is 24.5. The van der Waals surface area contributed by atoms with Gasteiger partial charge in [0.15, 0.2) is 0 Å². The van der Waals surface area contributed by atoms with Gasteiger partial charge in [-0.2, -0.15) is 0 Å². The van der Waals surface area contributed by atoms with Crippen LogP contribution in [0.15, 0.2) is 0 Å². The van der Waals surface area contributed by atoms with Crippen LogP contribution >= 0.6 is 15.9 Å². The summed E-state index contributed by atoms with van der Waals surface area (Å²) in [6, 6.07) is 0. The molecule has 0 unspecified atom stereocenters. The molecule has 0 rings (SSSR count). The Morgan fingerprint density at radius 1 is 0.864 bits per heavy atom. The number of rotatable bonds is 9. The Hall–Kier alpha value is -0.410. The highest BCUT2D eigenvalue weighted by Crippen LogP contribution is 2.25. The van der Waals surface area contributed by atoms with Crippen molar-refractivity contribution in [2.45, 2.75) is 47.2 Å². The monoisotopic (exact) mass is 394 g/mol. The second-order valence-electron chi connectivity index (χ2n) is 4.63. The van der Waals surface area contributed by atoms with Gasteiger partial charge in [-0.1, -0.05) is 0 Å². The molecule has 0 aliphatic heterocycles. The molecule has 0 aromatic rings. The number of aliphatic carboxylic acids is 1. The summed E-state index contributed by atoms with van der Waals surface area (Å²) in [5.41, 5.74) is 0. The first kappa shape index (κ1) is 21.6. The number of hydrogen-bond acceptors (Lipinski definition) is 10. The fourth-order valence-corrected chi connectivity index (χ4v) is 1.75. The van der Waals surface area contributed by atoms with Crippen molar-refractivity contribution in [2.75, 3.05) is 6.61 Å². The van der Waals surface area contributed by atoms with Crippen LogP contribution in [0.3, 0.4) is 0 Å². The van der Waals surface area contributed by atoms with Gasteiger partial charge in [0.05, 0.1) is 6.61 Å². The first-order chi connectivity index (χ1) is 9.89. The molecular formula is C10H19BrO11. The Bertz CT molecular complexity index is 365. The highest BCUT2D eigenvalue weighted by atomic mass is 79.9. The largest absolute Gasteiger partial charge is 0.478 e. The molecular weight excluding hydrogens is 376 g/mol. The Morgan fingerprint density at radius 2 is 1.23 bits per heavy atom. The minimum atomic E-state index is -3.05. The lowest BCUT2D eigenvalue weighted by Gasteiger charge is -2.34. The fourth-order valence-electron chi connectivity index (χ4n) is 1.48. The molecule has 0 aromatic heterocycles. The third kappa shape index (κ3) is 4.79. The minimum Gasteiger partial charge on any atom is -0.478 e. The van der Waals surface area contributed by atoms with Crippen LogP contribution in [-0.2, 0) is 4.79 Å². The highest BCUT2D eigenvalue weighted by Gasteiger charge is 2.49. The summed E-state index contributed by atoms with van der Waals surface area (Å²) < 4.78 is -3.05. The first-order valence-corrected chi connectivity index (χ1v) is 6.70. The van der Waals surface area contributed by atoms with E-state index in [2.05, 4.69) is 15.9 Å². The van der Waals surface area contributed by atoms with Crippen molar-refractivity contribution in [1.29, 1.82) is 0 Å².